The lowest BCUT2D eigenvalue weighted by Gasteiger charge is -2.06. The van der Waals surface area contributed by atoms with Gasteiger partial charge >= 0.3 is 0 Å². The number of carbonyl (C=O) groups excluding carboxylic acids is 1. The molecule has 0 aromatic carbocycles. The molecule has 0 bridgehead atoms. The Balaban J connectivity index is 1.40. The number of amides is 1. The van der Waals surface area contributed by atoms with E-state index < -0.39 is 6.10 Å². The first kappa shape index (κ1) is 14.2. The topological polar surface area (TPSA) is 63.6 Å². The molecular weight excluding hydrogens is 342 g/mol. The molecule has 5 nitrogen and oxygen atoms in total. The minimum absolute atomic E-state index is 0.200. The zero-order chi connectivity index (χ0) is 15.1. The number of aryl methyl sites for hydroxylation is 2. The van der Waals surface area contributed by atoms with Crippen LogP contribution in [0.15, 0.2) is 17.3 Å². The number of anilines is 1. The number of nitrogens with zero attached hydrogens (tertiary/aromatic N) is 2. The highest BCUT2D eigenvalue weighted by Crippen LogP contribution is 2.31. The number of carbonyl (C=O) groups is 1. The molecule has 0 radical (unpaired) electrons. The van der Waals surface area contributed by atoms with Crippen molar-refractivity contribution in [1.82, 2.24) is 4.98 Å². The lowest BCUT2D eigenvalue weighted by molar-refractivity contribution is -0.125. The van der Waals surface area contributed by atoms with E-state index in [1.165, 1.54) is 16.2 Å². The van der Waals surface area contributed by atoms with Crippen molar-refractivity contribution in [3.8, 4) is 0 Å². The number of halogens is 1. The monoisotopic (exact) mass is 353 g/mol. The molecule has 22 heavy (non-hydrogen) atoms. The maximum absolute atomic E-state index is 12.3. The van der Waals surface area contributed by atoms with Crippen molar-refractivity contribution in [3.63, 3.8) is 0 Å². The Morgan fingerprint density at radius 2 is 2.27 bits per heavy atom. The fourth-order valence-electron chi connectivity index (χ4n) is 2.56. The molecule has 114 valence electrons. The third-order valence-electron chi connectivity index (χ3n) is 3.64. The van der Waals surface area contributed by atoms with Gasteiger partial charge in [0.1, 0.15) is 5.71 Å². The Morgan fingerprint density at radius 3 is 3.05 bits per heavy atom. The maximum Gasteiger partial charge on any atom is 0.270 e. The van der Waals surface area contributed by atoms with Crippen LogP contribution < -0.4 is 5.32 Å². The van der Waals surface area contributed by atoms with Crippen LogP contribution in [0.4, 0.5) is 5.13 Å². The van der Waals surface area contributed by atoms with E-state index in [-0.39, 0.29) is 5.91 Å². The van der Waals surface area contributed by atoms with Crippen LogP contribution >= 0.6 is 34.3 Å². The van der Waals surface area contributed by atoms with Crippen molar-refractivity contribution < 1.29 is 9.63 Å². The van der Waals surface area contributed by atoms with Crippen LogP contribution in [0.25, 0.3) is 0 Å². The average Bonchev–Trinajstić information content (AvgIpc) is 3.19. The molecule has 1 atom stereocenters. The lowest BCUT2D eigenvalue weighted by Crippen LogP contribution is -2.27. The van der Waals surface area contributed by atoms with Crippen LogP contribution in [0.3, 0.4) is 0 Å². The highest BCUT2D eigenvalue weighted by molar-refractivity contribution is 7.18. The molecule has 0 saturated heterocycles. The van der Waals surface area contributed by atoms with Gasteiger partial charge in [-0.1, -0.05) is 16.8 Å². The molecule has 1 aliphatic heterocycles. The number of rotatable bonds is 3. The molecule has 3 heterocycles. The van der Waals surface area contributed by atoms with Crippen LogP contribution in [0, 0.1) is 0 Å². The maximum atomic E-state index is 12.3. The van der Waals surface area contributed by atoms with Crippen LogP contribution in [0.2, 0.25) is 4.34 Å². The molecule has 0 unspecified atom stereocenters. The van der Waals surface area contributed by atoms with Crippen molar-refractivity contribution in [2.24, 2.45) is 5.16 Å². The minimum Gasteiger partial charge on any atom is -0.382 e. The van der Waals surface area contributed by atoms with Gasteiger partial charge in [-0.05, 0) is 31.4 Å². The number of aromatic nitrogens is 1. The number of fused-ring (bicyclic) bond motifs is 1. The van der Waals surface area contributed by atoms with E-state index in [4.69, 9.17) is 16.4 Å². The van der Waals surface area contributed by atoms with E-state index in [0.29, 0.717) is 15.9 Å². The first-order chi connectivity index (χ1) is 10.7. The molecule has 1 amide bonds. The first-order valence-electron chi connectivity index (χ1n) is 6.97. The van der Waals surface area contributed by atoms with Gasteiger partial charge in [-0.3, -0.25) is 10.1 Å². The van der Waals surface area contributed by atoms with Crippen LogP contribution in [-0.4, -0.2) is 22.7 Å². The molecule has 1 N–H and O–H groups in total. The van der Waals surface area contributed by atoms with Crippen molar-refractivity contribution in [1.29, 1.82) is 0 Å². The summed E-state index contributed by atoms with van der Waals surface area (Å²) in [6.45, 7) is 0. The summed E-state index contributed by atoms with van der Waals surface area (Å²) in [6.07, 6.45) is 3.08. The Bertz CT molecular complexity index is 746. The second-order valence-corrected chi connectivity index (χ2v) is 7.97. The summed E-state index contributed by atoms with van der Waals surface area (Å²) in [5, 5.41) is 7.50. The summed E-state index contributed by atoms with van der Waals surface area (Å²) in [5.41, 5.74) is 1.89. The molecule has 0 fully saturated rings. The van der Waals surface area contributed by atoms with Crippen LogP contribution in [-0.2, 0) is 22.5 Å². The first-order valence-corrected chi connectivity index (χ1v) is 8.98. The lowest BCUT2D eigenvalue weighted by atomic mass is 10.1. The molecule has 0 saturated carbocycles. The SMILES string of the molecule is O=C(Nc1nc2c(s1)CCC2)[C@H]1CC(c2ccc(Cl)s2)=NO1. The summed E-state index contributed by atoms with van der Waals surface area (Å²) in [7, 11) is 0. The molecule has 2 aliphatic rings. The van der Waals surface area contributed by atoms with Crippen molar-refractivity contribution in [2.75, 3.05) is 5.32 Å². The van der Waals surface area contributed by atoms with E-state index in [1.807, 2.05) is 12.1 Å². The van der Waals surface area contributed by atoms with Crippen molar-refractivity contribution >= 4 is 51.0 Å². The second kappa shape index (κ2) is 5.64. The zero-order valence-corrected chi connectivity index (χ0v) is 13.9. The smallest absolute Gasteiger partial charge is 0.270 e. The number of thiazole rings is 1. The molecule has 0 spiro atoms. The van der Waals surface area contributed by atoms with Gasteiger partial charge < -0.3 is 4.84 Å². The largest absolute Gasteiger partial charge is 0.382 e. The third-order valence-corrected chi connectivity index (χ3v) is 6.00. The van der Waals surface area contributed by atoms with E-state index in [2.05, 4.69) is 15.5 Å². The zero-order valence-electron chi connectivity index (χ0n) is 11.5. The summed E-state index contributed by atoms with van der Waals surface area (Å²) >= 11 is 8.91. The standard InChI is InChI=1S/C14H12ClN3O2S2/c15-12-5-4-11(21-12)8-6-9(20-18-8)13(19)17-14-16-7-2-1-3-10(7)22-14/h4-5,9H,1-3,6H2,(H,16,17,19)/t9-/m1/s1. The van der Waals surface area contributed by atoms with E-state index in [0.717, 1.165) is 35.5 Å². The molecule has 2 aromatic heterocycles. The summed E-state index contributed by atoms with van der Waals surface area (Å²) < 4.78 is 0.697. The third kappa shape index (κ3) is 2.64. The number of nitrogens with one attached hydrogen (secondary N) is 1. The average molecular weight is 354 g/mol. The van der Waals surface area contributed by atoms with E-state index >= 15 is 0 Å². The predicted molar refractivity (Wildman–Crippen MR) is 88.1 cm³/mol. The van der Waals surface area contributed by atoms with Crippen molar-refractivity contribution in [3.05, 3.63) is 31.9 Å². The number of thiophene rings is 1. The van der Waals surface area contributed by atoms with Gasteiger partial charge in [-0.15, -0.1) is 22.7 Å². The summed E-state index contributed by atoms with van der Waals surface area (Å²) in [6, 6.07) is 3.70. The molecule has 4 rings (SSSR count). The number of oxime groups is 1. The van der Waals surface area contributed by atoms with Gasteiger partial charge in [-0.25, -0.2) is 4.98 Å². The molecule has 1 aliphatic carbocycles. The summed E-state index contributed by atoms with van der Waals surface area (Å²) in [4.78, 5) is 24.2. The minimum atomic E-state index is -0.602. The quantitative estimate of drug-likeness (QED) is 0.918. The fraction of sp³-hybridized carbons (Fsp3) is 0.357. The highest BCUT2D eigenvalue weighted by Gasteiger charge is 2.30. The Morgan fingerprint density at radius 1 is 1.36 bits per heavy atom. The molecule has 2 aromatic rings. The predicted octanol–water partition coefficient (Wildman–Crippen LogP) is 3.48. The number of hydrogen-bond acceptors (Lipinski definition) is 6. The number of hydrogen-bond donors (Lipinski definition) is 1. The second-order valence-electron chi connectivity index (χ2n) is 5.17. The van der Waals surface area contributed by atoms with Crippen LogP contribution in [0.1, 0.15) is 28.3 Å². The van der Waals surface area contributed by atoms with Gasteiger partial charge in [0.25, 0.3) is 5.91 Å². The van der Waals surface area contributed by atoms with Crippen LogP contribution in [0.5, 0.6) is 0 Å². The van der Waals surface area contributed by atoms with E-state index in [9.17, 15) is 4.79 Å². The Kier molecular flexibility index (Phi) is 3.63. The summed E-state index contributed by atoms with van der Waals surface area (Å²) in [5.74, 6) is -0.200. The molecular formula is C14H12ClN3O2S2. The fourth-order valence-corrected chi connectivity index (χ4v) is 4.65. The van der Waals surface area contributed by atoms with Gasteiger partial charge in [0.05, 0.1) is 14.9 Å². The normalized spacial score (nSPS) is 19.7. The van der Waals surface area contributed by atoms with Gasteiger partial charge in [0, 0.05) is 11.3 Å². The van der Waals surface area contributed by atoms with Gasteiger partial charge in [0.15, 0.2) is 5.13 Å². The van der Waals surface area contributed by atoms with Gasteiger partial charge in [-0.2, -0.15) is 0 Å². The van der Waals surface area contributed by atoms with Crippen molar-refractivity contribution in [2.45, 2.75) is 31.8 Å². The Hall–Kier alpha value is -1.44. The molecule has 8 heteroatoms. The highest BCUT2D eigenvalue weighted by atomic mass is 35.5. The Labute approximate surface area is 140 Å². The van der Waals surface area contributed by atoms with Gasteiger partial charge in [0.2, 0.25) is 6.10 Å². The van der Waals surface area contributed by atoms with E-state index in [1.54, 1.807) is 11.3 Å².